The summed E-state index contributed by atoms with van der Waals surface area (Å²) < 4.78 is 24.7. The second kappa shape index (κ2) is 5.67. The summed E-state index contributed by atoms with van der Waals surface area (Å²) in [4.78, 5) is 21.8. The van der Waals surface area contributed by atoms with E-state index in [-0.39, 0.29) is 10.6 Å². The van der Waals surface area contributed by atoms with Gasteiger partial charge >= 0.3 is 0 Å². The zero-order chi connectivity index (χ0) is 14.6. The van der Waals surface area contributed by atoms with E-state index in [1.807, 2.05) is 10.9 Å². The van der Waals surface area contributed by atoms with Gasteiger partial charge in [0.25, 0.3) is 10.0 Å². The Kier molecular flexibility index (Phi) is 4.46. The Morgan fingerprint density at radius 2 is 1.68 bits per heavy atom. The van der Waals surface area contributed by atoms with E-state index in [0.717, 1.165) is 13.8 Å². The molecule has 0 aromatic heterocycles. The van der Waals surface area contributed by atoms with Crippen LogP contribution >= 0.6 is 0 Å². The van der Waals surface area contributed by atoms with Gasteiger partial charge in [-0.3, -0.25) is 20.4 Å². The fourth-order valence-electron chi connectivity index (χ4n) is 1.21. The van der Waals surface area contributed by atoms with Crippen LogP contribution in [0.15, 0.2) is 29.2 Å². The van der Waals surface area contributed by atoms with Crippen molar-refractivity contribution < 1.29 is 18.0 Å². The van der Waals surface area contributed by atoms with E-state index in [0.29, 0.717) is 4.52 Å². The Balaban J connectivity index is 3.18. The number of hydrogen-bond acceptors (Lipinski definition) is 5. The highest BCUT2D eigenvalue weighted by molar-refractivity contribution is 7.89. The van der Waals surface area contributed by atoms with Gasteiger partial charge in [0.2, 0.25) is 11.8 Å². The van der Waals surface area contributed by atoms with Crippen molar-refractivity contribution in [3.05, 3.63) is 24.3 Å². The quantitative estimate of drug-likeness (QED) is 0.502. The lowest BCUT2D eigenvalue weighted by Crippen LogP contribution is -2.54. The summed E-state index contributed by atoms with van der Waals surface area (Å²) in [5.41, 5.74) is 9.75. The fourth-order valence-corrected chi connectivity index (χ4v) is 2.46. The van der Waals surface area contributed by atoms with E-state index in [1.54, 1.807) is 0 Å². The minimum atomic E-state index is -4.12. The van der Waals surface area contributed by atoms with Gasteiger partial charge in [-0.1, -0.05) is 6.07 Å². The number of hydrogen-bond donors (Lipinski definition) is 3. The van der Waals surface area contributed by atoms with Crippen LogP contribution in [0.25, 0.3) is 0 Å². The molecule has 19 heavy (non-hydrogen) atoms. The summed E-state index contributed by atoms with van der Waals surface area (Å²) in [7, 11) is -4.12. The van der Waals surface area contributed by atoms with Gasteiger partial charge in [0.15, 0.2) is 0 Å². The highest BCUT2D eigenvalue weighted by atomic mass is 32.2. The molecule has 0 aliphatic carbocycles. The Hall–Kier alpha value is -2.13. The molecule has 0 heterocycles. The van der Waals surface area contributed by atoms with Crippen molar-refractivity contribution in [3.63, 3.8) is 0 Å². The first-order valence-electron chi connectivity index (χ1n) is 5.19. The van der Waals surface area contributed by atoms with Gasteiger partial charge in [0.05, 0.1) is 4.90 Å². The summed E-state index contributed by atoms with van der Waals surface area (Å²) in [6.45, 7) is 2.23. The van der Waals surface area contributed by atoms with Crippen LogP contribution < -0.4 is 16.6 Å². The Morgan fingerprint density at radius 1 is 1.16 bits per heavy atom. The van der Waals surface area contributed by atoms with Crippen molar-refractivity contribution in [1.82, 2.24) is 15.4 Å². The monoisotopic (exact) mass is 286 g/mol. The van der Waals surface area contributed by atoms with Crippen LogP contribution in [0.3, 0.4) is 0 Å². The molecule has 0 radical (unpaired) electrons. The molecule has 1 rings (SSSR count). The van der Waals surface area contributed by atoms with Gasteiger partial charge in [-0.15, -0.1) is 0 Å². The molecule has 0 saturated carbocycles. The molecule has 2 amide bonds. The predicted octanol–water partition coefficient (Wildman–Crippen LogP) is -0.638. The number of amides is 2. The third-order valence-corrected chi connectivity index (χ3v) is 3.43. The average Bonchev–Trinajstić information content (AvgIpc) is 2.26. The molecule has 1 aromatic carbocycles. The van der Waals surface area contributed by atoms with Crippen molar-refractivity contribution in [1.29, 1.82) is 0 Å². The van der Waals surface area contributed by atoms with Crippen molar-refractivity contribution in [2.24, 2.45) is 0 Å². The second-order valence-electron chi connectivity index (χ2n) is 3.68. The zero-order valence-corrected chi connectivity index (χ0v) is 11.2. The number of anilines is 1. The van der Waals surface area contributed by atoms with Gasteiger partial charge in [-0.25, -0.2) is 8.42 Å². The van der Waals surface area contributed by atoms with E-state index >= 15 is 0 Å². The van der Waals surface area contributed by atoms with Crippen LogP contribution in [0, 0.1) is 0 Å². The molecular formula is C10H14N4O4S. The Labute approximate surface area is 110 Å². The minimum Gasteiger partial charge on any atom is -0.399 e. The summed E-state index contributed by atoms with van der Waals surface area (Å²) in [5.74, 6) is -1.30. The molecule has 8 nitrogen and oxygen atoms in total. The number of benzene rings is 1. The molecule has 0 fully saturated rings. The highest BCUT2D eigenvalue weighted by Crippen LogP contribution is 2.15. The molecule has 0 aliphatic rings. The van der Waals surface area contributed by atoms with Crippen molar-refractivity contribution in [2.45, 2.75) is 18.7 Å². The van der Waals surface area contributed by atoms with E-state index in [4.69, 9.17) is 5.73 Å². The number of sulfonamides is 1. The molecule has 0 unspecified atom stereocenters. The van der Waals surface area contributed by atoms with E-state index in [1.165, 1.54) is 24.3 Å². The average molecular weight is 286 g/mol. The first kappa shape index (κ1) is 14.9. The van der Waals surface area contributed by atoms with Gasteiger partial charge in [0.1, 0.15) is 0 Å². The number of hydrazine groups is 2. The summed E-state index contributed by atoms with van der Waals surface area (Å²) in [6.07, 6.45) is 0. The first-order valence-corrected chi connectivity index (χ1v) is 6.63. The molecule has 4 N–H and O–H groups in total. The van der Waals surface area contributed by atoms with Gasteiger partial charge in [-0.2, -0.15) is 0 Å². The number of nitrogens with one attached hydrogen (secondary N) is 2. The van der Waals surface area contributed by atoms with Gasteiger partial charge < -0.3 is 5.73 Å². The van der Waals surface area contributed by atoms with Gasteiger partial charge in [0, 0.05) is 19.5 Å². The molecule has 1 aromatic rings. The highest BCUT2D eigenvalue weighted by Gasteiger charge is 2.26. The fraction of sp³-hybridized carbons (Fsp3) is 0.200. The normalized spacial score (nSPS) is 11.1. The number of carbonyl (C=O) groups excluding carboxylic acids is 2. The van der Waals surface area contributed by atoms with Crippen LogP contribution in [-0.4, -0.2) is 24.8 Å². The van der Waals surface area contributed by atoms with Crippen molar-refractivity contribution in [2.75, 3.05) is 5.73 Å². The van der Waals surface area contributed by atoms with Crippen molar-refractivity contribution >= 4 is 27.5 Å². The summed E-state index contributed by atoms with van der Waals surface area (Å²) in [5, 5.41) is 0. The lowest BCUT2D eigenvalue weighted by molar-refractivity contribution is -0.127. The maximum atomic E-state index is 12.2. The Bertz CT molecular complexity index is 583. The van der Waals surface area contributed by atoms with E-state index in [9.17, 15) is 18.0 Å². The third kappa shape index (κ3) is 3.93. The zero-order valence-electron chi connectivity index (χ0n) is 10.4. The number of nitrogen functional groups attached to an aromatic ring is 1. The number of carbonyl (C=O) groups is 2. The van der Waals surface area contributed by atoms with Crippen LogP contribution in [0.2, 0.25) is 0 Å². The number of nitrogens with two attached hydrogens (primary N) is 1. The maximum Gasteiger partial charge on any atom is 0.278 e. The smallest absolute Gasteiger partial charge is 0.278 e. The molecule has 9 heteroatoms. The largest absolute Gasteiger partial charge is 0.399 e. The summed E-state index contributed by atoms with van der Waals surface area (Å²) in [6, 6.07) is 5.47. The number of rotatable bonds is 4. The van der Waals surface area contributed by atoms with Crippen LogP contribution in [0.5, 0.6) is 0 Å². The second-order valence-corrected chi connectivity index (χ2v) is 5.46. The molecular weight excluding hydrogens is 272 g/mol. The molecule has 104 valence electrons. The third-order valence-electron chi connectivity index (χ3n) is 1.91. The minimum absolute atomic E-state index is 0.157. The molecule has 0 bridgehead atoms. The first-order chi connectivity index (χ1) is 8.73. The standard InChI is InChI=1S/C10H14N4O4S/c1-7(15)12-14(13-8(2)16)19(17,18)10-5-3-4-9(11)6-10/h3-6H,11H2,1-2H3,(H,12,15)(H,13,16). The predicted molar refractivity (Wildman–Crippen MR) is 67.5 cm³/mol. The molecule has 0 aliphatic heterocycles. The van der Waals surface area contributed by atoms with E-state index < -0.39 is 21.8 Å². The van der Waals surface area contributed by atoms with Crippen LogP contribution in [-0.2, 0) is 19.6 Å². The number of nitrogens with zero attached hydrogens (tertiary/aromatic N) is 1. The lowest BCUT2D eigenvalue weighted by Gasteiger charge is -2.21. The maximum absolute atomic E-state index is 12.2. The topological polar surface area (TPSA) is 122 Å². The van der Waals surface area contributed by atoms with Gasteiger partial charge in [-0.05, 0) is 22.7 Å². The summed E-state index contributed by atoms with van der Waals surface area (Å²) >= 11 is 0. The molecule has 0 atom stereocenters. The molecule has 0 saturated heterocycles. The van der Waals surface area contributed by atoms with Crippen LogP contribution in [0.4, 0.5) is 5.69 Å². The SMILES string of the molecule is CC(=O)NN(NC(C)=O)S(=O)(=O)c1cccc(N)c1. The Morgan fingerprint density at radius 3 is 2.11 bits per heavy atom. The molecule has 0 spiro atoms. The van der Waals surface area contributed by atoms with Crippen molar-refractivity contribution in [3.8, 4) is 0 Å². The lowest BCUT2D eigenvalue weighted by atomic mass is 10.3. The van der Waals surface area contributed by atoms with E-state index in [2.05, 4.69) is 0 Å². The van der Waals surface area contributed by atoms with Crippen LogP contribution in [0.1, 0.15) is 13.8 Å².